The molecule has 1 aliphatic rings. The van der Waals surface area contributed by atoms with Gasteiger partial charge in [-0.2, -0.15) is 0 Å². The highest BCUT2D eigenvalue weighted by atomic mass is 79.9. The van der Waals surface area contributed by atoms with Crippen molar-refractivity contribution in [1.29, 1.82) is 0 Å². The summed E-state index contributed by atoms with van der Waals surface area (Å²) < 4.78 is 0.681. The number of carbonyl (C=O) groups is 2. The smallest absolute Gasteiger partial charge is 0.321 e. The molecule has 1 aromatic carbocycles. The fourth-order valence-electron chi connectivity index (χ4n) is 2.24. The van der Waals surface area contributed by atoms with E-state index >= 15 is 0 Å². The first-order valence-electron chi connectivity index (χ1n) is 6.12. The number of carbonyl (C=O) groups excluding carboxylic acids is 1. The number of nitrogens with zero attached hydrogens (tertiary/aromatic N) is 1. The highest BCUT2D eigenvalue weighted by Gasteiger charge is 2.37. The van der Waals surface area contributed by atoms with Crippen LogP contribution in [0.2, 0.25) is 5.02 Å². The number of hydrogen-bond acceptors (Lipinski definition) is 2. The molecule has 0 radical (unpaired) electrons. The predicted molar refractivity (Wildman–Crippen MR) is 80.0 cm³/mol. The first-order valence-corrected chi connectivity index (χ1v) is 7.29. The number of carboxylic acids is 1. The van der Waals surface area contributed by atoms with E-state index in [1.54, 1.807) is 18.2 Å². The molecule has 2 amide bonds. The Morgan fingerprint density at radius 1 is 1.45 bits per heavy atom. The highest BCUT2D eigenvalue weighted by Crippen LogP contribution is 2.28. The van der Waals surface area contributed by atoms with Crippen LogP contribution in [0.15, 0.2) is 22.7 Å². The molecule has 5 nitrogen and oxygen atoms in total. The second-order valence-electron chi connectivity index (χ2n) is 4.88. The molecule has 0 bridgehead atoms. The lowest BCUT2D eigenvalue weighted by Gasteiger charge is -2.17. The lowest BCUT2D eigenvalue weighted by Crippen LogP contribution is -2.33. The van der Waals surface area contributed by atoms with Crippen molar-refractivity contribution < 1.29 is 14.7 Å². The lowest BCUT2D eigenvalue weighted by atomic mass is 9.99. The third kappa shape index (κ3) is 3.24. The van der Waals surface area contributed by atoms with E-state index in [-0.39, 0.29) is 18.5 Å². The van der Waals surface area contributed by atoms with Crippen LogP contribution >= 0.6 is 27.5 Å². The zero-order valence-electron chi connectivity index (χ0n) is 10.8. The summed E-state index contributed by atoms with van der Waals surface area (Å²) in [5.41, 5.74) is 0.603. The Morgan fingerprint density at radius 3 is 2.70 bits per heavy atom. The van der Waals surface area contributed by atoms with Gasteiger partial charge in [0.1, 0.15) is 0 Å². The maximum atomic E-state index is 12.1. The second kappa shape index (κ2) is 6.01. The van der Waals surface area contributed by atoms with Gasteiger partial charge in [0.05, 0.1) is 11.6 Å². The Labute approximate surface area is 130 Å². The monoisotopic (exact) mass is 360 g/mol. The summed E-state index contributed by atoms with van der Waals surface area (Å²) in [5, 5.41) is 12.4. The molecule has 2 rings (SSSR count). The van der Waals surface area contributed by atoms with Crippen LogP contribution in [0.3, 0.4) is 0 Å². The van der Waals surface area contributed by atoms with Gasteiger partial charge in [0, 0.05) is 22.6 Å². The molecule has 2 N–H and O–H groups in total. The van der Waals surface area contributed by atoms with Crippen LogP contribution in [0, 0.1) is 11.8 Å². The first-order chi connectivity index (χ1) is 9.38. The summed E-state index contributed by atoms with van der Waals surface area (Å²) in [6, 6.07) is 4.75. The largest absolute Gasteiger partial charge is 0.481 e. The van der Waals surface area contributed by atoms with Crippen molar-refractivity contribution >= 4 is 45.2 Å². The maximum Gasteiger partial charge on any atom is 0.321 e. The van der Waals surface area contributed by atoms with Crippen molar-refractivity contribution in [3.8, 4) is 0 Å². The minimum atomic E-state index is -0.861. The normalized spacial score (nSPS) is 21.9. The van der Waals surface area contributed by atoms with Crippen LogP contribution in [-0.2, 0) is 4.79 Å². The molecule has 1 saturated heterocycles. The zero-order chi connectivity index (χ0) is 14.9. The number of benzene rings is 1. The van der Waals surface area contributed by atoms with Crippen LogP contribution < -0.4 is 5.32 Å². The van der Waals surface area contributed by atoms with Crippen molar-refractivity contribution in [2.24, 2.45) is 11.8 Å². The van der Waals surface area contributed by atoms with E-state index in [2.05, 4.69) is 21.2 Å². The summed E-state index contributed by atoms with van der Waals surface area (Å²) in [6.45, 7) is 2.51. The Hall–Kier alpha value is -1.27. The Balaban J connectivity index is 2.04. The fraction of sp³-hybridized carbons (Fsp3) is 0.385. The van der Waals surface area contributed by atoms with Gasteiger partial charge < -0.3 is 15.3 Å². The zero-order valence-corrected chi connectivity index (χ0v) is 13.1. The molecule has 1 heterocycles. The van der Waals surface area contributed by atoms with E-state index in [1.807, 2.05) is 6.92 Å². The van der Waals surface area contributed by atoms with E-state index in [0.29, 0.717) is 21.7 Å². The van der Waals surface area contributed by atoms with Gasteiger partial charge in [-0.3, -0.25) is 4.79 Å². The van der Waals surface area contributed by atoms with E-state index in [9.17, 15) is 9.59 Å². The van der Waals surface area contributed by atoms with Crippen LogP contribution in [0.1, 0.15) is 6.92 Å². The van der Waals surface area contributed by atoms with Crippen LogP contribution in [0.5, 0.6) is 0 Å². The Kier molecular flexibility index (Phi) is 4.55. The van der Waals surface area contributed by atoms with Crippen molar-refractivity contribution in [3.05, 3.63) is 27.7 Å². The third-order valence-electron chi connectivity index (χ3n) is 3.39. The number of aliphatic carboxylic acids is 1. The predicted octanol–water partition coefficient (Wildman–Crippen LogP) is 3.29. The molecule has 20 heavy (non-hydrogen) atoms. The molecular formula is C13H14BrClN2O3. The van der Waals surface area contributed by atoms with E-state index in [0.717, 1.165) is 0 Å². The molecule has 108 valence electrons. The molecule has 1 aliphatic heterocycles. The molecular weight excluding hydrogens is 348 g/mol. The molecule has 0 aliphatic carbocycles. The maximum absolute atomic E-state index is 12.1. The van der Waals surface area contributed by atoms with Crippen molar-refractivity contribution in [1.82, 2.24) is 4.90 Å². The minimum absolute atomic E-state index is 0.0492. The molecule has 0 saturated carbocycles. The molecule has 0 aromatic heterocycles. The van der Waals surface area contributed by atoms with E-state index < -0.39 is 11.9 Å². The topological polar surface area (TPSA) is 69.6 Å². The SMILES string of the molecule is CC1CN(C(=O)Nc2ccc(Cl)cc2Br)CC1C(=O)O. The van der Waals surface area contributed by atoms with Crippen LogP contribution in [-0.4, -0.2) is 35.1 Å². The number of urea groups is 1. The summed E-state index contributed by atoms with van der Waals surface area (Å²) in [5.74, 6) is -1.42. The lowest BCUT2D eigenvalue weighted by molar-refractivity contribution is -0.142. The number of nitrogens with one attached hydrogen (secondary N) is 1. The number of halogens is 2. The number of anilines is 1. The van der Waals surface area contributed by atoms with Gasteiger partial charge in [0.15, 0.2) is 0 Å². The van der Waals surface area contributed by atoms with E-state index in [1.165, 1.54) is 4.90 Å². The standard InChI is InChI=1S/C13H14BrClN2O3/c1-7-5-17(6-9(7)12(18)19)13(20)16-11-3-2-8(15)4-10(11)14/h2-4,7,9H,5-6H2,1H3,(H,16,20)(H,18,19). The summed E-state index contributed by atoms with van der Waals surface area (Å²) in [7, 11) is 0. The van der Waals surface area contributed by atoms with E-state index in [4.69, 9.17) is 16.7 Å². The van der Waals surface area contributed by atoms with Gasteiger partial charge in [-0.15, -0.1) is 0 Å². The van der Waals surface area contributed by atoms with Gasteiger partial charge in [-0.05, 0) is 40.0 Å². The molecule has 7 heteroatoms. The quantitative estimate of drug-likeness (QED) is 0.849. The average molecular weight is 362 g/mol. The van der Waals surface area contributed by atoms with Gasteiger partial charge in [0.25, 0.3) is 0 Å². The van der Waals surface area contributed by atoms with Gasteiger partial charge in [-0.25, -0.2) is 4.79 Å². The number of amides is 2. The van der Waals surface area contributed by atoms with Crippen molar-refractivity contribution in [2.45, 2.75) is 6.92 Å². The molecule has 2 atom stereocenters. The van der Waals surface area contributed by atoms with Gasteiger partial charge in [0.2, 0.25) is 0 Å². The van der Waals surface area contributed by atoms with Gasteiger partial charge in [-0.1, -0.05) is 18.5 Å². The van der Waals surface area contributed by atoms with Crippen LogP contribution in [0.4, 0.5) is 10.5 Å². The van der Waals surface area contributed by atoms with Crippen molar-refractivity contribution in [3.63, 3.8) is 0 Å². The number of likely N-dealkylation sites (tertiary alicyclic amines) is 1. The number of hydrogen-bond donors (Lipinski definition) is 2. The average Bonchev–Trinajstić information content (AvgIpc) is 2.75. The summed E-state index contributed by atoms with van der Waals surface area (Å²) in [6.07, 6.45) is 0. The number of rotatable bonds is 2. The summed E-state index contributed by atoms with van der Waals surface area (Å²) in [4.78, 5) is 24.7. The fourth-order valence-corrected chi connectivity index (χ4v) is 3.02. The molecule has 0 spiro atoms. The highest BCUT2D eigenvalue weighted by molar-refractivity contribution is 9.10. The molecule has 1 aromatic rings. The Bertz CT molecular complexity index is 552. The van der Waals surface area contributed by atoms with Crippen molar-refractivity contribution in [2.75, 3.05) is 18.4 Å². The molecule has 2 unspecified atom stereocenters. The summed E-state index contributed by atoms with van der Waals surface area (Å²) >= 11 is 9.15. The minimum Gasteiger partial charge on any atom is -0.481 e. The van der Waals surface area contributed by atoms with Gasteiger partial charge >= 0.3 is 12.0 Å². The third-order valence-corrected chi connectivity index (χ3v) is 4.28. The van der Waals surface area contributed by atoms with Crippen LogP contribution in [0.25, 0.3) is 0 Å². The second-order valence-corrected chi connectivity index (χ2v) is 6.17. The molecule has 1 fully saturated rings. The Morgan fingerprint density at radius 2 is 2.15 bits per heavy atom. The first kappa shape index (κ1) is 15.1. The number of carboxylic acid groups (broad SMARTS) is 1.